The fourth-order valence-electron chi connectivity index (χ4n) is 4.42. The van der Waals surface area contributed by atoms with E-state index in [9.17, 15) is 0 Å². The van der Waals surface area contributed by atoms with Crippen molar-refractivity contribution in [2.24, 2.45) is 0 Å². The molecule has 0 unspecified atom stereocenters. The van der Waals surface area contributed by atoms with Gasteiger partial charge in [0.2, 0.25) is 0 Å². The maximum Gasteiger partial charge on any atom is 0.123 e. The molecular weight excluding hydrogens is 356 g/mol. The zero-order chi connectivity index (χ0) is 20.3. The smallest absolute Gasteiger partial charge is 0.123 e. The van der Waals surface area contributed by atoms with Gasteiger partial charge in [-0.25, -0.2) is 0 Å². The summed E-state index contributed by atoms with van der Waals surface area (Å²) in [5.74, 6) is 0.993. The number of piperidine rings is 1. The van der Waals surface area contributed by atoms with E-state index >= 15 is 0 Å². The van der Waals surface area contributed by atoms with E-state index in [1.54, 1.807) is 7.11 Å². The average molecular weight is 395 g/mol. The molecule has 1 saturated heterocycles. The Morgan fingerprint density at radius 3 is 2.66 bits per heavy atom. The maximum atomic E-state index is 5.65. The molecule has 2 atom stereocenters. The summed E-state index contributed by atoms with van der Waals surface area (Å²) in [5.41, 5.74) is 4.08. The van der Waals surface area contributed by atoms with E-state index in [0.717, 1.165) is 18.8 Å². The van der Waals surface area contributed by atoms with E-state index in [0.29, 0.717) is 12.1 Å². The number of nitrogens with one attached hydrogen (secondary N) is 2. The van der Waals surface area contributed by atoms with Gasteiger partial charge in [0.25, 0.3) is 0 Å². The Bertz CT molecular complexity index is 716. The third-order valence-corrected chi connectivity index (χ3v) is 6.09. The molecule has 0 bridgehead atoms. The molecule has 2 N–H and O–H groups in total. The molecule has 0 radical (unpaired) electrons. The molecule has 1 fully saturated rings. The lowest BCUT2D eigenvalue weighted by Gasteiger charge is -2.34. The summed E-state index contributed by atoms with van der Waals surface area (Å²) in [6.07, 6.45) is 10.2. The number of aryl methyl sites for hydroxylation is 1. The standard InChI is InChI=1S/C26H38N2O/c1-3-4-5-6-8-12-21-16-17-25(29-2)23(19-21)20-28-24-15-11-18-27-26(24)22-13-9-7-10-14-22/h7,9-10,13-14,16-17,19,24,26-28H,3-6,8,11-12,15,18,20H2,1-2H3/t24-,26-/m0/s1. The van der Waals surface area contributed by atoms with Crippen LogP contribution in [0.15, 0.2) is 48.5 Å². The zero-order valence-corrected chi connectivity index (χ0v) is 18.3. The highest BCUT2D eigenvalue weighted by Gasteiger charge is 2.25. The van der Waals surface area contributed by atoms with Crippen molar-refractivity contribution in [2.75, 3.05) is 13.7 Å². The van der Waals surface area contributed by atoms with E-state index < -0.39 is 0 Å². The molecule has 3 nitrogen and oxygen atoms in total. The first kappa shape index (κ1) is 21.9. The van der Waals surface area contributed by atoms with Crippen LogP contribution in [0.25, 0.3) is 0 Å². The summed E-state index contributed by atoms with van der Waals surface area (Å²) in [5, 5.41) is 7.54. The second-order valence-electron chi connectivity index (χ2n) is 8.28. The number of unbranched alkanes of at least 4 members (excludes halogenated alkanes) is 4. The topological polar surface area (TPSA) is 33.3 Å². The van der Waals surface area contributed by atoms with Crippen LogP contribution in [0.4, 0.5) is 0 Å². The number of hydrogen-bond donors (Lipinski definition) is 2. The first-order valence-corrected chi connectivity index (χ1v) is 11.5. The molecule has 0 amide bonds. The van der Waals surface area contributed by atoms with Crippen molar-refractivity contribution in [1.29, 1.82) is 0 Å². The Morgan fingerprint density at radius 2 is 1.86 bits per heavy atom. The molecule has 3 rings (SSSR count). The summed E-state index contributed by atoms with van der Waals surface area (Å²) in [7, 11) is 1.78. The van der Waals surface area contributed by atoms with Crippen LogP contribution in [-0.4, -0.2) is 19.7 Å². The molecule has 0 saturated carbocycles. The number of ether oxygens (including phenoxy) is 1. The minimum Gasteiger partial charge on any atom is -0.496 e. The van der Waals surface area contributed by atoms with Gasteiger partial charge in [-0.05, 0) is 49.4 Å². The lowest BCUT2D eigenvalue weighted by atomic mass is 9.92. The Balaban J connectivity index is 1.61. The largest absolute Gasteiger partial charge is 0.496 e. The Labute approximate surface area is 177 Å². The van der Waals surface area contributed by atoms with E-state index in [2.05, 4.69) is 66.1 Å². The van der Waals surface area contributed by atoms with Crippen LogP contribution in [0.5, 0.6) is 5.75 Å². The van der Waals surface area contributed by atoms with Gasteiger partial charge < -0.3 is 15.4 Å². The van der Waals surface area contributed by atoms with E-state index in [1.165, 1.54) is 68.1 Å². The maximum absolute atomic E-state index is 5.65. The van der Waals surface area contributed by atoms with Gasteiger partial charge in [-0.3, -0.25) is 0 Å². The van der Waals surface area contributed by atoms with Gasteiger partial charge in [0, 0.05) is 24.2 Å². The highest BCUT2D eigenvalue weighted by Crippen LogP contribution is 2.26. The van der Waals surface area contributed by atoms with Crippen molar-refractivity contribution in [3.05, 3.63) is 65.2 Å². The van der Waals surface area contributed by atoms with Crippen LogP contribution in [0, 0.1) is 0 Å². The molecular formula is C26H38N2O. The van der Waals surface area contributed by atoms with Crippen molar-refractivity contribution < 1.29 is 4.74 Å². The number of rotatable bonds is 11. The van der Waals surface area contributed by atoms with Crippen molar-refractivity contribution in [2.45, 2.75) is 76.9 Å². The predicted molar refractivity (Wildman–Crippen MR) is 123 cm³/mol. The quantitative estimate of drug-likeness (QED) is 0.473. The Hall–Kier alpha value is -1.84. The van der Waals surface area contributed by atoms with Gasteiger partial charge >= 0.3 is 0 Å². The van der Waals surface area contributed by atoms with Gasteiger partial charge in [0.15, 0.2) is 0 Å². The van der Waals surface area contributed by atoms with Gasteiger partial charge in [0.1, 0.15) is 5.75 Å². The molecule has 158 valence electrons. The summed E-state index contributed by atoms with van der Waals surface area (Å²) < 4.78 is 5.65. The molecule has 0 aliphatic carbocycles. The first-order valence-electron chi connectivity index (χ1n) is 11.5. The highest BCUT2D eigenvalue weighted by molar-refractivity contribution is 5.37. The fraction of sp³-hybridized carbons (Fsp3) is 0.538. The number of hydrogen-bond acceptors (Lipinski definition) is 3. The first-order chi connectivity index (χ1) is 14.3. The van der Waals surface area contributed by atoms with Crippen LogP contribution < -0.4 is 15.4 Å². The van der Waals surface area contributed by atoms with E-state index in [1.807, 2.05) is 0 Å². The minimum absolute atomic E-state index is 0.373. The van der Waals surface area contributed by atoms with Crippen molar-refractivity contribution in [3.8, 4) is 5.75 Å². The number of methoxy groups -OCH3 is 1. The highest BCUT2D eigenvalue weighted by atomic mass is 16.5. The third-order valence-electron chi connectivity index (χ3n) is 6.09. The lowest BCUT2D eigenvalue weighted by Crippen LogP contribution is -2.45. The van der Waals surface area contributed by atoms with Gasteiger partial charge in [-0.1, -0.05) is 75.1 Å². The molecule has 29 heavy (non-hydrogen) atoms. The monoisotopic (exact) mass is 394 g/mol. The predicted octanol–water partition coefficient (Wildman–Crippen LogP) is 5.79. The van der Waals surface area contributed by atoms with Crippen molar-refractivity contribution in [3.63, 3.8) is 0 Å². The van der Waals surface area contributed by atoms with Crippen LogP contribution in [-0.2, 0) is 13.0 Å². The van der Waals surface area contributed by atoms with Gasteiger partial charge in [-0.2, -0.15) is 0 Å². The zero-order valence-electron chi connectivity index (χ0n) is 18.3. The van der Waals surface area contributed by atoms with Crippen molar-refractivity contribution in [1.82, 2.24) is 10.6 Å². The van der Waals surface area contributed by atoms with Gasteiger partial charge in [-0.15, -0.1) is 0 Å². The second kappa shape index (κ2) is 12.0. The summed E-state index contributed by atoms with van der Waals surface area (Å²) in [6.45, 7) is 4.21. The summed E-state index contributed by atoms with van der Waals surface area (Å²) in [6, 6.07) is 18.4. The van der Waals surface area contributed by atoms with Crippen LogP contribution >= 0.6 is 0 Å². The van der Waals surface area contributed by atoms with Crippen LogP contribution in [0.2, 0.25) is 0 Å². The number of benzene rings is 2. The Kier molecular flexibility index (Phi) is 9.04. The van der Waals surface area contributed by atoms with Crippen LogP contribution in [0.1, 0.15) is 74.6 Å². The molecule has 0 aromatic heterocycles. The average Bonchev–Trinajstić information content (AvgIpc) is 2.78. The van der Waals surface area contributed by atoms with E-state index in [4.69, 9.17) is 4.74 Å². The summed E-state index contributed by atoms with van der Waals surface area (Å²) >= 11 is 0. The molecule has 3 heteroatoms. The second-order valence-corrected chi connectivity index (χ2v) is 8.28. The summed E-state index contributed by atoms with van der Waals surface area (Å²) in [4.78, 5) is 0. The fourth-order valence-corrected chi connectivity index (χ4v) is 4.42. The Morgan fingerprint density at radius 1 is 1.03 bits per heavy atom. The van der Waals surface area contributed by atoms with Gasteiger partial charge in [0.05, 0.1) is 7.11 Å². The third kappa shape index (κ3) is 6.58. The molecule has 1 aliphatic rings. The molecule has 2 aromatic rings. The molecule has 0 spiro atoms. The SMILES string of the molecule is CCCCCCCc1ccc(OC)c(CN[C@H]2CCCN[C@H]2c2ccccc2)c1. The van der Waals surface area contributed by atoms with Crippen LogP contribution in [0.3, 0.4) is 0 Å². The molecule has 2 aromatic carbocycles. The molecule has 1 aliphatic heterocycles. The van der Waals surface area contributed by atoms with E-state index in [-0.39, 0.29) is 0 Å². The van der Waals surface area contributed by atoms with Crippen molar-refractivity contribution >= 4 is 0 Å². The molecule has 1 heterocycles. The normalized spacial score (nSPS) is 19.2. The lowest BCUT2D eigenvalue weighted by molar-refractivity contribution is 0.303. The minimum atomic E-state index is 0.373.